The summed E-state index contributed by atoms with van der Waals surface area (Å²) in [5.41, 5.74) is 0.253. The van der Waals surface area contributed by atoms with Crippen molar-refractivity contribution in [3.8, 4) is 0 Å². The van der Waals surface area contributed by atoms with Gasteiger partial charge in [-0.15, -0.1) is 0 Å². The van der Waals surface area contributed by atoms with E-state index in [0.29, 0.717) is 29.7 Å². The molecule has 0 unspecified atom stereocenters. The lowest BCUT2D eigenvalue weighted by Gasteiger charge is -2.35. The Balaban J connectivity index is 1.99. The predicted molar refractivity (Wildman–Crippen MR) is 103 cm³/mol. The van der Waals surface area contributed by atoms with Gasteiger partial charge in [-0.25, -0.2) is 4.79 Å². The normalized spacial score (nSPS) is 17.8. The van der Waals surface area contributed by atoms with Crippen LogP contribution in [0, 0.1) is 5.92 Å². The minimum absolute atomic E-state index is 0.00528. The van der Waals surface area contributed by atoms with E-state index in [-0.39, 0.29) is 17.9 Å². The number of benzene rings is 1. The molecule has 7 heteroatoms. The highest BCUT2D eigenvalue weighted by atomic mass is 35.5. The molecule has 1 fully saturated rings. The Morgan fingerprint density at radius 3 is 2.65 bits per heavy atom. The van der Waals surface area contributed by atoms with Gasteiger partial charge in [-0.3, -0.25) is 4.79 Å². The lowest BCUT2D eigenvalue weighted by molar-refractivity contribution is -0.136. The number of hydrogen-bond acceptors (Lipinski definition) is 3. The van der Waals surface area contributed by atoms with Crippen molar-refractivity contribution in [2.75, 3.05) is 20.1 Å². The van der Waals surface area contributed by atoms with Crippen LogP contribution in [0.1, 0.15) is 39.2 Å². The zero-order valence-corrected chi connectivity index (χ0v) is 17.2. The Labute approximate surface area is 165 Å². The minimum Gasteiger partial charge on any atom is -0.444 e. The van der Waals surface area contributed by atoms with Crippen LogP contribution in [0.3, 0.4) is 0 Å². The molecule has 1 aromatic carbocycles. The van der Waals surface area contributed by atoms with Gasteiger partial charge in [-0.1, -0.05) is 23.2 Å². The number of piperidine rings is 1. The largest absolute Gasteiger partial charge is 0.444 e. The summed E-state index contributed by atoms with van der Waals surface area (Å²) < 4.78 is 5.42. The molecule has 0 bridgehead atoms. The number of nitrogens with zero attached hydrogens (tertiary/aromatic N) is 2. The third-order valence-corrected chi connectivity index (χ3v) is 4.82. The van der Waals surface area contributed by atoms with Crippen molar-refractivity contribution in [1.29, 1.82) is 0 Å². The van der Waals surface area contributed by atoms with Gasteiger partial charge in [0, 0.05) is 36.7 Å². The monoisotopic (exact) mass is 400 g/mol. The summed E-state index contributed by atoms with van der Waals surface area (Å²) >= 11 is 12.2. The Hall–Kier alpha value is -1.46. The number of hydrogen-bond donors (Lipinski definition) is 0. The van der Waals surface area contributed by atoms with Gasteiger partial charge in [0.1, 0.15) is 5.60 Å². The quantitative estimate of drug-likeness (QED) is 0.744. The number of rotatable bonds is 3. The van der Waals surface area contributed by atoms with E-state index in [1.165, 1.54) is 0 Å². The SMILES string of the molecule is CN(Cc1cc(Cl)ccc1Cl)C(=O)[C@H]1CCCN(C(=O)OC(C)(C)C)C1. The summed E-state index contributed by atoms with van der Waals surface area (Å²) in [6, 6.07) is 5.21. The van der Waals surface area contributed by atoms with Crippen molar-refractivity contribution in [1.82, 2.24) is 9.80 Å². The van der Waals surface area contributed by atoms with Crippen LogP contribution < -0.4 is 0 Å². The molecule has 0 saturated carbocycles. The number of ether oxygens (including phenoxy) is 1. The molecular weight excluding hydrogens is 375 g/mol. The molecule has 0 aliphatic carbocycles. The first-order valence-electron chi connectivity index (χ1n) is 8.73. The summed E-state index contributed by atoms with van der Waals surface area (Å²) in [5.74, 6) is -0.242. The molecule has 0 spiro atoms. The summed E-state index contributed by atoms with van der Waals surface area (Å²) in [7, 11) is 1.74. The van der Waals surface area contributed by atoms with Crippen LogP contribution in [-0.2, 0) is 16.1 Å². The molecule has 1 atom stereocenters. The maximum Gasteiger partial charge on any atom is 0.410 e. The van der Waals surface area contributed by atoms with Gasteiger partial charge < -0.3 is 14.5 Å². The highest BCUT2D eigenvalue weighted by molar-refractivity contribution is 6.33. The molecule has 1 aromatic rings. The van der Waals surface area contributed by atoms with Crippen LogP contribution in [0.4, 0.5) is 4.79 Å². The van der Waals surface area contributed by atoms with Crippen molar-refractivity contribution in [3.05, 3.63) is 33.8 Å². The second-order valence-corrected chi connectivity index (χ2v) is 8.54. The van der Waals surface area contributed by atoms with Crippen molar-refractivity contribution in [3.63, 3.8) is 0 Å². The lowest BCUT2D eigenvalue weighted by Crippen LogP contribution is -2.47. The highest BCUT2D eigenvalue weighted by Gasteiger charge is 2.32. The van der Waals surface area contributed by atoms with E-state index in [1.807, 2.05) is 20.8 Å². The third kappa shape index (κ3) is 5.78. The van der Waals surface area contributed by atoms with E-state index in [0.717, 1.165) is 18.4 Å². The van der Waals surface area contributed by atoms with Gasteiger partial charge >= 0.3 is 6.09 Å². The number of likely N-dealkylation sites (tertiary alicyclic amines) is 1. The van der Waals surface area contributed by atoms with E-state index in [2.05, 4.69) is 0 Å². The van der Waals surface area contributed by atoms with Crippen molar-refractivity contribution in [2.24, 2.45) is 5.92 Å². The highest BCUT2D eigenvalue weighted by Crippen LogP contribution is 2.24. The molecule has 2 rings (SSSR count). The number of amides is 2. The molecule has 0 N–H and O–H groups in total. The van der Waals surface area contributed by atoms with Gasteiger partial charge in [0.15, 0.2) is 0 Å². The first kappa shape index (κ1) is 20.8. The first-order chi connectivity index (χ1) is 12.1. The fourth-order valence-electron chi connectivity index (χ4n) is 2.98. The molecule has 2 amide bonds. The Kier molecular flexibility index (Phi) is 6.80. The Bertz CT molecular complexity index is 673. The molecule has 1 aliphatic rings. The molecule has 26 heavy (non-hydrogen) atoms. The maximum absolute atomic E-state index is 12.8. The van der Waals surface area contributed by atoms with Crippen molar-refractivity contribution < 1.29 is 14.3 Å². The Morgan fingerprint density at radius 2 is 2.00 bits per heavy atom. The number of carbonyl (C=O) groups excluding carboxylic acids is 2. The van der Waals surface area contributed by atoms with Gasteiger partial charge in [0.2, 0.25) is 5.91 Å². The molecular formula is C19H26Cl2N2O3. The van der Waals surface area contributed by atoms with Crippen molar-refractivity contribution in [2.45, 2.75) is 45.8 Å². The summed E-state index contributed by atoms with van der Waals surface area (Å²) in [6.07, 6.45) is 1.17. The van der Waals surface area contributed by atoms with Crippen LogP contribution in [0.5, 0.6) is 0 Å². The summed E-state index contributed by atoms with van der Waals surface area (Å²) in [5, 5.41) is 1.16. The summed E-state index contributed by atoms with van der Waals surface area (Å²) in [6.45, 7) is 6.87. The molecule has 0 aromatic heterocycles. The molecule has 5 nitrogen and oxygen atoms in total. The van der Waals surface area contributed by atoms with Crippen LogP contribution >= 0.6 is 23.2 Å². The smallest absolute Gasteiger partial charge is 0.410 e. The van der Waals surface area contributed by atoms with Gasteiger partial charge in [0.25, 0.3) is 0 Å². The van der Waals surface area contributed by atoms with Crippen molar-refractivity contribution >= 4 is 35.2 Å². The molecule has 1 heterocycles. The molecule has 0 radical (unpaired) electrons. The lowest BCUT2D eigenvalue weighted by atomic mass is 9.96. The molecule has 1 aliphatic heterocycles. The average molecular weight is 401 g/mol. The van der Waals surface area contributed by atoms with Gasteiger partial charge in [-0.2, -0.15) is 0 Å². The summed E-state index contributed by atoms with van der Waals surface area (Å²) in [4.78, 5) is 28.4. The second kappa shape index (κ2) is 8.49. The third-order valence-electron chi connectivity index (χ3n) is 4.21. The topological polar surface area (TPSA) is 49.9 Å². The molecule has 144 valence electrons. The van der Waals surface area contributed by atoms with E-state index in [1.54, 1.807) is 35.0 Å². The fourth-order valence-corrected chi connectivity index (χ4v) is 3.35. The van der Waals surface area contributed by atoms with E-state index < -0.39 is 5.60 Å². The standard InChI is InChI=1S/C19H26Cl2N2O3/c1-19(2,3)26-18(25)23-9-5-6-13(12-23)17(24)22(4)11-14-10-15(20)7-8-16(14)21/h7-8,10,13H,5-6,9,11-12H2,1-4H3/t13-/m0/s1. The van der Waals surface area contributed by atoms with Crippen LogP contribution in [0.2, 0.25) is 10.0 Å². The minimum atomic E-state index is -0.547. The van der Waals surface area contributed by atoms with E-state index in [9.17, 15) is 9.59 Å². The van der Waals surface area contributed by atoms with Crippen LogP contribution in [-0.4, -0.2) is 47.5 Å². The number of halogens is 2. The number of carbonyl (C=O) groups is 2. The zero-order valence-electron chi connectivity index (χ0n) is 15.7. The second-order valence-electron chi connectivity index (χ2n) is 7.70. The molecule has 1 saturated heterocycles. The maximum atomic E-state index is 12.8. The van der Waals surface area contributed by atoms with Gasteiger partial charge in [0.05, 0.1) is 5.92 Å². The van der Waals surface area contributed by atoms with Gasteiger partial charge in [-0.05, 0) is 57.4 Å². The fraction of sp³-hybridized carbons (Fsp3) is 0.579. The van der Waals surface area contributed by atoms with E-state index >= 15 is 0 Å². The first-order valence-corrected chi connectivity index (χ1v) is 9.49. The van der Waals surface area contributed by atoms with E-state index in [4.69, 9.17) is 27.9 Å². The average Bonchev–Trinajstić information content (AvgIpc) is 2.56. The predicted octanol–water partition coefficient (Wildman–Crippen LogP) is 4.60. The zero-order chi connectivity index (χ0) is 19.5. The van der Waals surface area contributed by atoms with Crippen LogP contribution in [0.15, 0.2) is 18.2 Å². The van der Waals surface area contributed by atoms with Crippen LogP contribution in [0.25, 0.3) is 0 Å². The Morgan fingerprint density at radius 1 is 1.31 bits per heavy atom.